The van der Waals surface area contributed by atoms with Crippen LogP contribution in [0.5, 0.6) is 0 Å². The average Bonchev–Trinajstić information content (AvgIpc) is 2.16. The summed E-state index contributed by atoms with van der Waals surface area (Å²) < 4.78 is 0. The van der Waals surface area contributed by atoms with Gasteiger partial charge in [-0.15, -0.1) is 12.3 Å². The van der Waals surface area contributed by atoms with Crippen molar-refractivity contribution in [1.29, 1.82) is 0 Å². The normalized spacial score (nSPS) is 31.6. The van der Waals surface area contributed by atoms with E-state index in [1.807, 2.05) is 0 Å². The minimum atomic E-state index is 0.416. The summed E-state index contributed by atoms with van der Waals surface area (Å²) in [6, 6.07) is 0. The Kier molecular flexibility index (Phi) is 3.60. The van der Waals surface area contributed by atoms with Gasteiger partial charge in [-0.25, -0.2) is 0 Å². The van der Waals surface area contributed by atoms with Gasteiger partial charge in [0.05, 0.1) is 0 Å². The highest BCUT2D eigenvalue weighted by molar-refractivity contribution is 5.15. The first-order valence-corrected chi connectivity index (χ1v) is 5.32. The van der Waals surface area contributed by atoms with Crippen LogP contribution in [0, 0.1) is 17.8 Å². The highest BCUT2D eigenvalue weighted by atomic mass is 14.3. The summed E-state index contributed by atoms with van der Waals surface area (Å²) in [5.74, 6) is 2.76. The molecular weight excluding hydrogens is 156 g/mol. The monoisotopic (exact) mass is 176 g/mol. The standard InChI is InChI=1S/C13H20/c1-4-6-10-13(3)11-8-7-9-12(13)5-2/h1,5H,6-11H2,2-3H3/b12-5+/t13-/m0/s1. The molecular formula is C13H20. The van der Waals surface area contributed by atoms with E-state index in [0.29, 0.717) is 5.41 Å². The quantitative estimate of drug-likeness (QED) is 0.442. The van der Waals surface area contributed by atoms with E-state index in [9.17, 15) is 0 Å². The molecule has 0 saturated heterocycles. The maximum Gasteiger partial charge on any atom is 0.00943 e. The SMILES string of the molecule is C#CCC[C@@]1(C)CCCC/C1=C\C. The number of hydrogen-bond donors (Lipinski definition) is 0. The lowest BCUT2D eigenvalue weighted by Crippen LogP contribution is -2.23. The topological polar surface area (TPSA) is 0 Å². The molecule has 72 valence electrons. The Balaban J connectivity index is 2.67. The van der Waals surface area contributed by atoms with Gasteiger partial charge in [0, 0.05) is 6.42 Å². The van der Waals surface area contributed by atoms with Crippen molar-refractivity contribution in [2.24, 2.45) is 5.41 Å². The Labute approximate surface area is 82.4 Å². The van der Waals surface area contributed by atoms with Crippen LogP contribution in [0.25, 0.3) is 0 Å². The predicted octanol–water partition coefficient (Wildman–Crippen LogP) is 3.93. The summed E-state index contributed by atoms with van der Waals surface area (Å²) in [7, 11) is 0. The van der Waals surface area contributed by atoms with E-state index in [1.165, 1.54) is 32.1 Å². The van der Waals surface area contributed by atoms with Crippen molar-refractivity contribution in [1.82, 2.24) is 0 Å². The molecule has 0 amide bonds. The summed E-state index contributed by atoms with van der Waals surface area (Å²) >= 11 is 0. The second kappa shape index (κ2) is 4.51. The molecule has 13 heavy (non-hydrogen) atoms. The first-order valence-electron chi connectivity index (χ1n) is 5.32. The molecule has 0 heteroatoms. The van der Waals surface area contributed by atoms with Crippen LogP contribution in [-0.4, -0.2) is 0 Å². The lowest BCUT2D eigenvalue weighted by molar-refractivity contribution is 0.284. The van der Waals surface area contributed by atoms with E-state index >= 15 is 0 Å². The molecule has 0 heterocycles. The molecule has 0 nitrogen and oxygen atoms in total. The van der Waals surface area contributed by atoms with Gasteiger partial charge in [-0.1, -0.05) is 25.0 Å². The van der Waals surface area contributed by atoms with Crippen LogP contribution in [-0.2, 0) is 0 Å². The molecule has 1 aliphatic carbocycles. The van der Waals surface area contributed by atoms with Crippen LogP contribution in [0.1, 0.15) is 52.4 Å². The van der Waals surface area contributed by atoms with Crippen LogP contribution in [0.3, 0.4) is 0 Å². The van der Waals surface area contributed by atoms with E-state index in [1.54, 1.807) is 5.57 Å². The van der Waals surface area contributed by atoms with Crippen LogP contribution >= 0.6 is 0 Å². The third kappa shape index (κ3) is 2.37. The van der Waals surface area contributed by atoms with Gasteiger partial charge in [-0.05, 0) is 38.0 Å². The maximum absolute atomic E-state index is 5.32. The molecule has 0 N–H and O–H groups in total. The molecule has 0 spiro atoms. The van der Waals surface area contributed by atoms with Gasteiger partial charge in [0.1, 0.15) is 0 Å². The number of terminal acetylenes is 1. The lowest BCUT2D eigenvalue weighted by Gasteiger charge is -2.36. The van der Waals surface area contributed by atoms with Crippen molar-refractivity contribution in [2.45, 2.75) is 52.4 Å². The molecule has 1 saturated carbocycles. The van der Waals surface area contributed by atoms with Crippen molar-refractivity contribution in [2.75, 3.05) is 0 Å². The number of hydrogen-bond acceptors (Lipinski definition) is 0. The molecule has 0 aromatic carbocycles. The Morgan fingerprint density at radius 3 is 2.92 bits per heavy atom. The molecule has 1 aliphatic rings. The first kappa shape index (κ1) is 10.4. The van der Waals surface area contributed by atoms with Crippen LogP contribution in [0.2, 0.25) is 0 Å². The van der Waals surface area contributed by atoms with Crippen LogP contribution in [0.4, 0.5) is 0 Å². The molecule has 0 aliphatic heterocycles. The Bertz CT molecular complexity index is 229. The van der Waals surface area contributed by atoms with Crippen molar-refractivity contribution >= 4 is 0 Å². The molecule has 1 fully saturated rings. The number of rotatable bonds is 2. The molecule has 0 bridgehead atoms. The van der Waals surface area contributed by atoms with Gasteiger partial charge in [0.15, 0.2) is 0 Å². The summed E-state index contributed by atoms with van der Waals surface area (Å²) in [6.07, 6.45) is 15.1. The second-order valence-electron chi connectivity index (χ2n) is 4.29. The average molecular weight is 176 g/mol. The summed E-state index contributed by atoms with van der Waals surface area (Å²) in [6.45, 7) is 4.54. The molecule has 1 rings (SSSR count). The van der Waals surface area contributed by atoms with Crippen molar-refractivity contribution in [3.63, 3.8) is 0 Å². The van der Waals surface area contributed by atoms with E-state index in [2.05, 4.69) is 25.8 Å². The van der Waals surface area contributed by atoms with E-state index in [4.69, 9.17) is 6.42 Å². The van der Waals surface area contributed by atoms with Crippen molar-refractivity contribution < 1.29 is 0 Å². The zero-order valence-corrected chi connectivity index (χ0v) is 8.90. The third-order valence-corrected chi connectivity index (χ3v) is 3.37. The second-order valence-corrected chi connectivity index (χ2v) is 4.29. The fourth-order valence-corrected chi connectivity index (χ4v) is 2.42. The highest BCUT2D eigenvalue weighted by Gasteiger charge is 2.29. The predicted molar refractivity (Wildman–Crippen MR) is 58.4 cm³/mol. The van der Waals surface area contributed by atoms with Crippen molar-refractivity contribution in [3.05, 3.63) is 11.6 Å². The van der Waals surface area contributed by atoms with E-state index < -0.39 is 0 Å². The fourth-order valence-electron chi connectivity index (χ4n) is 2.42. The summed E-state index contributed by atoms with van der Waals surface area (Å²) in [4.78, 5) is 0. The molecule has 0 aromatic rings. The zero-order chi connectivity index (χ0) is 9.73. The minimum Gasteiger partial charge on any atom is -0.120 e. The largest absolute Gasteiger partial charge is 0.120 e. The number of allylic oxidation sites excluding steroid dienone is 2. The van der Waals surface area contributed by atoms with Gasteiger partial charge < -0.3 is 0 Å². The highest BCUT2D eigenvalue weighted by Crippen LogP contribution is 2.43. The molecule has 0 aromatic heterocycles. The lowest BCUT2D eigenvalue weighted by atomic mass is 9.69. The van der Waals surface area contributed by atoms with Gasteiger partial charge in [0.25, 0.3) is 0 Å². The maximum atomic E-state index is 5.32. The smallest absolute Gasteiger partial charge is 0.00943 e. The first-order chi connectivity index (χ1) is 6.23. The van der Waals surface area contributed by atoms with Gasteiger partial charge >= 0.3 is 0 Å². The van der Waals surface area contributed by atoms with Gasteiger partial charge in [0.2, 0.25) is 0 Å². The summed E-state index contributed by atoms with van der Waals surface area (Å²) in [5.41, 5.74) is 2.05. The van der Waals surface area contributed by atoms with E-state index in [0.717, 1.165) is 6.42 Å². The van der Waals surface area contributed by atoms with Crippen LogP contribution < -0.4 is 0 Å². The Hall–Kier alpha value is -0.700. The molecule has 1 atom stereocenters. The molecule has 0 radical (unpaired) electrons. The minimum absolute atomic E-state index is 0.416. The molecule has 0 unspecified atom stereocenters. The van der Waals surface area contributed by atoms with Gasteiger partial charge in [-0.2, -0.15) is 0 Å². The van der Waals surface area contributed by atoms with E-state index in [-0.39, 0.29) is 0 Å². The van der Waals surface area contributed by atoms with Crippen LogP contribution in [0.15, 0.2) is 11.6 Å². The van der Waals surface area contributed by atoms with Gasteiger partial charge in [-0.3, -0.25) is 0 Å². The fraction of sp³-hybridized carbons (Fsp3) is 0.692. The third-order valence-electron chi connectivity index (χ3n) is 3.37. The van der Waals surface area contributed by atoms with Crippen molar-refractivity contribution in [3.8, 4) is 12.3 Å². The Morgan fingerprint density at radius 1 is 1.54 bits per heavy atom. The summed E-state index contributed by atoms with van der Waals surface area (Å²) in [5, 5.41) is 0. The zero-order valence-electron chi connectivity index (χ0n) is 8.90. The Morgan fingerprint density at radius 2 is 2.31 bits per heavy atom.